The van der Waals surface area contributed by atoms with Crippen LogP contribution in [0.2, 0.25) is 0 Å². The van der Waals surface area contributed by atoms with E-state index in [1.165, 1.54) is 14.0 Å². The van der Waals surface area contributed by atoms with E-state index in [1.807, 2.05) is 0 Å². The lowest BCUT2D eigenvalue weighted by atomic mass is 10.2. The van der Waals surface area contributed by atoms with Gasteiger partial charge in [-0.25, -0.2) is 0 Å². The Labute approximate surface area is 52.9 Å². The second kappa shape index (κ2) is 3.06. The normalized spacial score (nSPS) is 12.2. The van der Waals surface area contributed by atoms with Gasteiger partial charge < -0.3 is 15.2 Å². The Bertz CT molecular complexity index is 132. The van der Waals surface area contributed by atoms with Gasteiger partial charge in [-0.1, -0.05) is 0 Å². The van der Waals surface area contributed by atoms with Gasteiger partial charge in [0.1, 0.15) is 0 Å². The number of hydrogen-bond acceptors (Lipinski definition) is 3. The third-order valence-electron chi connectivity index (χ3n) is 0.993. The number of aliphatic carboxylic acids is 1. The Hall–Kier alpha value is -1.06. The first kappa shape index (κ1) is 7.94. The second-order valence-corrected chi connectivity index (χ2v) is 1.65. The van der Waals surface area contributed by atoms with Crippen molar-refractivity contribution in [1.82, 2.24) is 5.32 Å². The van der Waals surface area contributed by atoms with Crippen molar-refractivity contribution in [1.29, 1.82) is 0 Å². The summed E-state index contributed by atoms with van der Waals surface area (Å²) in [6.45, 7) is 1.27. The highest BCUT2D eigenvalue weighted by molar-refractivity contribution is 5.95. The van der Waals surface area contributed by atoms with Crippen LogP contribution in [-0.4, -0.2) is 18.9 Å². The summed E-state index contributed by atoms with van der Waals surface area (Å²) in [5.41, 5.74) is 0. The van der Waals surface area contributed by atoms with E-state index in [0.717, 1.165) is 0 Å². The average molecular weight is 130 g/mol. The third-order valence-corrected chi connectivity index (χ3v) is 0.993. The Morgan fingerprint density at radius 1 is 1.56 bits per heavy atom. The summed E-state index contributed by atoms with van der Waals surface area (Å²) in [5, 5.41) is 12.1. The van der Waals surface area contributed by atoms with Gasteiger partial charge in [-0.15, -0.1) is 0 Å². The summed E-state index contributed by atoms with van der Waals surface area (Å²) in [7, 11) is 1.38. The van der Waals surface area contributed by atoms with Gasteiger partial charge in [0.25, 0.3) is 0 Å². The molecular formula is C5H8NO3-. The third kappa shape index (κ3) is 2.12. The number of carbonyl (C=O) groups is 2. The lowest BCUT2D eigenvalue weighted by molar-refractivity contribution is -0.309. The van der Waals surface area contributed by atoms with Crippen LogP contribution in [0.15, 0.2) is 0 Å². The first-order valence-electron chi connectivity index (χ1n) is 2.52. The minimum atomic E-state index is -1.35. The highest BCUT2D eigenvalue weighted by Crippen LogP contribution is 1.89. The van der Waals surface area contributed by atoms with E-state index < -0.39 is 17.8 Å². The molecular weight excluding hydrogens is 122 g/mol. The number of amides is 1. The first-order valence-corrected chi connectivity index (χ1v) is 2.52. The maximum Gasteiger partial charge on any atom is 0.228 e. The van der Waals surface area contributed by atoms with Crippen molar-refractivity contribution < 1.29 is 14.7 Å². The minimum Gasteiger partial charge on any atom is -0.549 e. The largest absolute Gasteiger partial charge is 0.549 e. The molecule has 0 aliphatic rings. The molecule has 0 fully saturated rings. The summed E-state index contributed by atoms with van der Waals surface area (Å²) < 4.78 is 0. The molecule has 0 aromatic heterocycles. The van der Waals surface area contributed by atoms with E-state index in [4.69, 9.17) is 0 Å². The van der Waals surface area contributed by atoms with Gasteiger partial charge in [0.05, 0.1) is 11.9 Å². The first-order chi connectivity index (χ1) is 4.09. The average Bonchev–Trinajstić information content (AvgIpc) is 1.84. The fourth-order valence-corrected chi connectivity index (χ4v) is 0.324. The van der Waals surface area contributed by atoms with Gasteiger partial charge >= 0.3 is 0 Å². The number of nitrogens with one attached hydrogen (secondary N) is 1. The highest BCUT2D eigenvalue weighted by atomic mass is 16.4. The fraction of sp³-hybridized carbons (Fsp3) is 0.600. The predicted octanol–water partition coefficient (Wildman–Crippen LogP) is -1.88. The van der Waals surface area contributed by atoms with E-state index in [2.05, 4.69) is 5.32 Å². The summed E-state index contributed by atoms with van der Waals surface area (Å²) >= 11 is 0. The zero-order valence-corrected chi connectivity index (χ0v) is 5.30. The van der Waals surface area contributed by atoms with Crippen LogP contribution in [0.3, 0.4) is 0 Å². The fourth-order valence-electron chi connectivity index (χ4n) is 0.324. The molecule has 0 radical (unpaired) electrons. The van der Waals surface area contributed by atoms with E-state index >= 15 is 0 Å². The van der Waals surface area contributed by atoms with E-state index in [0.29, 0.717) is 0 Å². The molecule has 0 aromatic rings. The summed E-state index contributed by atoms with van der Waals surface area (Å²) in [5.74, 6) is -2.95. The quantitative estimate of drug-likeness (QED) is 0.445. The van der Waals surface area contributed by atoms with Crippen LogP contribution >= 0.6 is 0 Å². The van der Waals surface area contributed by atoms with Gasteiger partial charge in [0, 0.05) is 7.05 Å². The van der Waals surface area contributed by atoms with E-state index in [1.54, 1.807) is 0 Å². The molecule has 0 saturated heterocycles. The number of hydrogen-bond donors (Lipinski definition) is 1. The Morgan fingerprint density at radius 2 is 2.00 bits per heavy atom. The van der Waals surface area contributed by atoms with Crippen LogP contribution in [0.5, 0.6) is 0 Å². The molecule has 0 aliphatic heterocycles. The molecule has 0 spiro atoms. The van der Waals surface area contributed by atoms with Gasteiger partial charge in [-0.3, -0.25) is 4.79 Å². The number of carboxylic acids is 1. The highest BCUT2D eigenvalue weighted by Gasteiger charge is 2.10. The molecule has 0 heterocycles. The molecule has 0 aromatic carbocycles. The summed E-state index contributed by atoms with van der Waals surface area (Å²) in [6.07, 6.45) is 0. The SMILES string of the molecule is CNC(=O)C(C)C(=O)[O-]. The Kier molecular flexibility index (Phi) is 2.70. The summed E-state index contributed by atoms with van der Waals surface area (Å²) in [4.78, 5) is 20.3. The lowest BCUT2D eigenvalue weighted by Gasteiger charge is -2.08. The lowest BCUT2D eigenvalue weighted by Crippen LogP contribution is -2.39. The van der Waals surface area contributed by atoms with Crippen molar-refractivity contribution in [3.63, 3.8) is 0 Å². The van der Waals surface area contributed by atoms with Gasteiger partial charge in [0.15, 0.2) is 0 Å². The van der Waals surface area contributed by atoms with Crippen LogP contribution in [0.25, 0.3) is 0 Å². The molecule has 0 aliphatic carbocycles. The Morgan fingerprint density at radius 3 is 2.11 bits per heavy atom. The summed E-state index contributed by atoms with van der Waals surface area (Å²) in [6, 6.07) is 0. The Balaban J connectivity index is 3.88. The maximum absolute atomic E-state index is 10.4. The number of carbonyl (C=O) groups excluding carboxylic acids is 2. The molecule has 0 bridgehead atoms. The van der Waals surface area contributed by atoms with Crippen molar-refractivity contribution in [2.45, 2.75) is 6.92 Å². The molecule has 1 N–H and O–H groups in total. The standard InChI is InChI=1S/C5H9NO3/c1-3(5(8)9)4(7)6-2/h3H,1-2H3,(H,6,7)(H,8,9)/p-1. The van der Waals surface area contributed by atoms with Crippen molar-refractivity contribution in [2.75, 3.05) is 7.05 Å². The molecule has 52 valence electrons. The van der Waals surface area contributed by atoms with Gasteiger partial charge in [-0.2, -0.15) is 0 Å². The van der Waals surface area contributed by atoms with Crippen molar-refractivity contribution >= 4 is 11.9 Å². The molecule has 1 atom stereocenters. The van der Waals surface area contributed by atoms with Crippen molar-refractivity contribution in [3.05, 3.63) is 0 Å². The number of carboxylic acid groups (broad SMARTS) is 1. The topological polar surface area (TPSA) is 69.2 Å². The zero-order valence-electron chi connectivity index (χ0n) is 5.30. The van der Waals surface area contributed by atoms with Crippen LogP contribution < -0.4 is 10.4 Å². The monoisotopic (exact) mass is 130 g/mol. The van der Waals surface area contributed by atoms with Crippen molar-refractivity contribution in [3.8, 4) is 0 Å². The molecule has 0 rings (SSSR count). The van der Waals surface area contributed by atoms with Crippen LogP contribution in [0.4, 0.5) is 0 Å². The van der Waals surface area contributed by atoms with Gasteiger partial charge in [-0.05, 0) is 6.92 Å². The van der Waals surface area contributed by atoms with Crippen LogP contribution in [0.1, 0.15) is 6.92 Å². The maximum atomic E-state index is 10.4. The molecule has 4 heteroatoms. The predicted molar refractivity (Wildman–Crippen MR) is 28.2 cm³/mol. The zero-order chi connectivity index (χ0) is 7.44. The van der Waals surface area contributed by atoms with Crippen molar-refractivity contribution in [2.24, 2.45) is 5.92 Å². The van der Waals surface area contributed by atoms with Gasteiger partial charge in [0.2, 0.25) is 5.91 Å². The molecule has 0 saturated carbocycles. The second-order valence-electron chi connectivity index (χ2n) is 1.65. The van der Waals surface area contributed by atoms with E-state index in [-0.39, 0.29) is 0 Å². The molecule has 1 unspecified atom stereocenters. The van der Waals surface area contributed by atoms with Crippen LogP contribution in [-0.2, 0) is 9.59 Å². The molecule has 9 heavy (non-hydrogen) atoms. The van der Waals surface area contributed by atoms with E-state index in [9.17, 15) is 14.7 Å². The molecule has 4 nitrogen and oxygen atoms in total. The smallest absolute Gasteiger partial charge is 0.228 e. The molecule has 1 amide bonds. The number of rotatable bonds is 2. The van der Waals surface area contributed by atoms with Crippen LogP contribution in [0, 0.1) is 5.92 Å². The minimum absolute atomic E-state index is 0.532.